The van der Waals surface area contributed by atoms with E-state index in [2.05, 4.69) is 71.3 Å². The lowest BCUT2D eigenvalue weighted by Crippen LogP contribution is -1.91. The molecule has 0 radical (unpaired) electrons. The summed E-state index contributed by atoms with van der Waals surface area (Å²) in [5.41, 5.74) is 3.48. The first-order valence-corrected chi connectivity index (χ1v) is 8.07. The molecule has 3 heteroatoms. The Balaban J connectivity index is 1.96. The third-order valence-electron chi connectivity index (χ3n) is 4.05. The Morgan fingerprint density at radius 1 is 0.682 bits per heavy atom. The zero-order valence-electron chi connectivity index (χ0n) is 11.7. The third-order valence-corrected chi connectivity index (χ3v) is 5.08. The third kappa shape index (κ3) is 1.57. The molecule has 104 valence electrons. The molecule has 0 saturated carbocycles. The van der Waals surface area contributed by atoms with E-state index in [1.165, 1.54) is 26.5 Å². The number of hydrogen-bond donors (Lipinski definition) is 0. The first-order valence-electron chi connectivity index (χ1n) is 7.26. The minimum atomic E-state index is 1.03. The monoisotopic (exact) mass is 300 g/mol. The van der Waals surface area contributed by atoms with Gasteiger partial charge in [0.2, 0.25) is 0 Å². The lowest BCUT2D eigenvalue weighted by Gasteiger charge is -2.01. The molecular weight excluding hydrogens is 288 g/mol. The van der Waals surface area contributed by atoms with Gasteiger partial charge in [0, 0.05) is 10.8 Å². The van der Waals surface area contributed by atoms with Crippen LogP contribution < -0.4 is 0 Å². The van der Waals surface area contributed by atoms with E-state index >= 15 is 0 Å². The van der Waals surface area contributed by atoms with E-state index in [1.54, 1.807) is 11.3 Å². The van der Waals surface area contributed by atoms with Crippen molar-refractivity contribution in [2.45, 2.75) is 0 Å². The van der Waals surface area contributed by atoms with E-state index in [-0.39, 0.29) is 0 Å². The Morgan fingerprint density at radius 3 is 1.95 bits per heavy atom. The Bertz CT molecular complexity index is 1050. The summed E-state index contributed by atoms with van der Waals surface area (Å²) < 4.78 is 3.49. The summed E-state index contributed by atoms with van der Waals surface area (Å²) in [6, 6.07) is 25.4. The molecule has 5 rings (SSSR count). The van der Waals surface area contributed by atoms with Crippen molar-refractivity contribution in [3.63, 3.8) is 0 Å². The Labute approximate surface area is 131 Å². The molecule has 0 N–H and O–H groups in total. The number of fused-ring (bicyclic) bond motifs is 4. The number of benzene rings is 3. The Morgan fingerprint density at radius 2 is 1.27 bits per heavy atom. The largest absolute Gasteiger partial charge is 0.285 e. The molecule has 0 amide bonds. The second-order valence-electron chi connectivity index (χ2n) is 5.33. The number of thiazole rings is 1. The van der Waals surface area contributed by atoms with Gasteiger partial charge >= 0.3 is 0 Å². The van der Waals surface area contributed by atoms with Gasteiger partial charge in [-0.05, 0) is 24.3 Å². The lowest BCUT2D eigenvalue weighted by molar-refractivity contribution is 1.15. The van der Waals surface area contributed by atoms with Gasteiger partial charge in [-0.25, -0.2) is 4.98 Å². The van der Waals surface area contributed by atoms with Crippen LogP contribution in [0.1, 0.15) is 0 Å². The molecule has 0 unspecified atom stereocenters. The lowest BCUT2D eigenvalue weighted by atomic mass is 10.2. The summed E-state index contributed by atoms with van der Waals surface area (Å²) in [6.45, 7) is 0. The van der Waals surface area contributed by atoms with Gasteiger partial charge in [-0.15, -0.1) is 0 Å². The molecule has 0 aliphatic carbocycles. The minimum Gasteiger partial charge on any atom is -0.285 e. The molecule has 0 bridgehead atoms. The van der Waals surface area contributed by atoms with Crippen LogP contribution in [-0.4, -0.2) is 9.55 Å². The second-order valence-corrected chi connectivity index (χ2v) is 6.34. The fraction of sp³-hybridized carbons (Fsp3) is 0. The summed E-state index contributed by atoms with van der Waals surface area (Å²) >= 11 is 1.74. The predicted molar refractivity (Wildman–Crippen MR) is 94.0 cm³/mol. The molecule has 3 aromatic carbocycles. The standard InChI is InChI=1S/C19H12N2S/c1-4-10-16-13(7-1)14-8-2-5-11-17(14)21(16)19-20-15-9-3-6-12-18(15)22-19/h1-12H. The van der Waals surface area contributed by atoms with Crippen molar-refractivity contribution in [3.05, 3.63) is 72.8 Å². The Hall–Kier alpha value is -2.65. The van der Waals surface area contributed by atoms with E-state index in [0.29, 0.717) is 0 Å². The predicted octanol–water partition coefficient (Wildman–Crippen LogP) is 5.39. The van der Waals surface area contributed by atoms with Crippen LogP contribution in [0, 0.1) is 0 Å². The maximum Gasteiger partial charge on any atom is 0.195 e. The molecular formula is C19H12N2S. The van der Waals surface area contributed by atoms with Crippen molar-refractivity contribution >= 4 is 43.4 Å². The van der Waals surface area contributed by atoms with Gasteiger partial charge in [0.05, 0.1) is 21.3 Å². The first kappa shape index (κ1) is 12.0. The average Bonchev–Trinajstić information content (AvgIpc) is 3.13. The van der Waals surface area contributed by atoms with Crippen LogP contribution in [0.3, 0.4) is 0 Å². The molecule has 0 spiro atoms. The van der Waals surface area contributed by atoms with Crippen molar-refractivity contribution in [2.24, 2.45) is 0 Å². The maximum absolute atomic E-state index is 4.84. The highest BCUT2D eigenvalue weighted by Gasteiger charge is 2.14. The van der Waals surface area contributed by atoms with Gasteiger partial charge in [-0.1, -0.05) is 59.9 Å². The van der Waals surface area contributed by atoms with Crippen molar-refractivity contribution in [1.82, 2.24) is 9.55 Å². The van der Waals surface area contributed by atoms with Crippen LogP contribution in [0.25, 0.3) is 37.2 Å². The SMILES string of the molecule is c1ccc2sc(-n3c4ccccc4c4ccccc43)nc2c1. The molecule has 0 aliphatic heterocycles. The molecule has 5 aromatic rings. The highest BCUT2D eigenvalue weighted by molar-refractivity contribution is 7.20. The van der Waals surface area contributed by atoms with Crippen LogP contribution in [0.2, 0.25) is 0 Å². The van der Waals surface area contributed by atoms with Gasteiger partial charge in [0.15, 0.2) is 5.13 Å². The molecule has 0 fully saturated rings. The number of rotatable bonds is 1. The summed E-state index contributed by atoms with van der Waals surface area (Å²) in [6.07, 6.45) is 0. The normalized spacial score (nSPS) is 11.6. The van der Waals surface area contributed by atoms with Crippen molar-refractivity contribution in [3.8, 4) is 5.13 Å². The zero-order valence-corrected chi connectivity index (χ0v) is 12.5. The summed E-state index contributed by atoms with van der Waals surface area (Å²) in [5.74, 6) is 0. The second kappa shape index (κ2) is 4.42. The van der Waals surface area contributed by atoms with Crippen molar-refractivity contribution < 1.29 is 0 Å². The average molecular weight is 300 g/mol. The maximum atomic E-state index is 4.84. The van der Waals surface area contributed by atoms with Crippen molar-refractivity contribution in [1.29, 1.82) is 0 Å². The number of nitrogens with zero attached hydrogens (tertiary/aromatic N) is 2. The van der Waals surface area contributed by atoms with Gasteiger partial charge < -0.3 is 0 Å². The fourth-order valence-corrected chi connectivity index (χ4v) is 4.08. The molecule has 22 heavy (non-hydrogen) atoms. The van der Waals surface area contributed by atoms with Crippen LogP contribution >= 0.6 is 11.3 Å². The molecule has 0 atom stereocenters. The minimum absolute atomic E-state index is 1.03. The number of aromatic nitrogens is 2. The van der Waals surface area contributed by atoms with E-state index in [4.69, 9.17) is 4.98 Å². The van der Waals surface area contributed by atoms with Gasteiger partial charge in [0.25, 0.3) is 0 Å². The van der Waals surface area contributed by atoms with E-state index in [9.17, 15) is 0 Å². The van der Waals surface area contributed by atoms with Crippen LogP contribution in [0.15, 0.2) is 72.8 Å². The van der Waals surface area contributed by atoms with Crippen molar-refractivity contribution in [2.75, 3.05) is 0 Å². The molecule has 2 heterocycles. The van der Waals surface area contributed by atoms with Gasteiger partial charge in [-0.2, -0.15) is 0 Å². The summed E-state index contributed by atoms with van der Waals surface area (Å²) in [4.78, 5) is 4.84. The van der Waals surface area contributed by atoms with Crippen LogP contribution in [0.4, 0.5) is 0 Å². The first-order chi connectivity index (χ1) is 10.9. The van der Waals surface area contributed by atoms with E-state index in [1.807, 2.05) is 6.07 Å². The molecule has 2 aromatic heterocycles. The molecule has 0 aliphatic rings. The fourth-order valence-electron chi connectivity index (χ4n) is 3.08. The number of para-hydroxylation sites is 3. The Kier molecular flexibility index (Phi) is 2.40. The topological polar surface area (TPSA) is 17.8 Å². The summed E-state index contributed by atoms with van der Waals surface area (Å²) in [7, 11) is 0. The molecule has 2 nitrogen and oxygen atoms in total. The van der Waals surface area contributed by atoms with E-state index in [0.717, 1.165) is 10.6 Å². The zero-order chi connectivity index (χ0) is 14.5. The van der Waals surface area contributed by atoms with E-state index < -0.39 is 0 Å². The highest BCUT2D eigenvalue weighted by Crippen LogP contribution is 2.34. The van der Waals surface area contributed by atoms with Crippen LogP contribution in [0.5, 0.6) is 0 Å². The highest BCUT2D eigenvalue weighted by atomic mass is 32.1. The van der Waals surface area contributed by atoms with Crippen LogP contribution in [-0.2, 0) is 0 Å². The summed E-state index contributed by atoms with van der Waals surface area (Å²) in [5, 5.41) is 3.58. The quantitative estimate of drug-likeness (QED) is 0.405. The van der Waals surface area contributed by atoms with Gasteiger partial charge in [0.1, 0.15) is 0 Å². The smallest absolute Gasteiger partial charge is 0.195 e. The van der Waals surface area contributed by atoms with Gasteiger partial charge in [-0.3, -0.25) is 4.57 Å². The molecule has 0 saturated heterocycles. The number of hydrogen-bond acceptors (Lipinski definition) is 2.